The molecule has 0 bridgehead atoms. The predicted octanol–water partition coefficient (Wildman–Crippen LogP) is 1.58. The van der Waals surface area contributed by atoms with Gasteiger partial charge in [-0.1, -0.05) is 12.1 Å². The van der Waals surface area contributed by atoms with Crippen LogP contribution in [0.2, 0.25) is 0 Å². The third kappa shape index (κ3) is 2.32. The lowest BCUT2D eigenvalue weighted by Crippen LogP contribution is -2.40. The van der Waals surface area contributed by atoms with Gasteiger partial charge in [-0.25, -0.2) is 0 Å². The number of nitrogen functional groups attached to an aromatic ring is 1. The van der Waals surface area contributed by atoms with Gasteiger partial charge in [0.1, 0.15) is 0 Å². The molecule has 0 radical (unpaired) electrons. The van der Waals surface area contributed by atoms with E-state index in [9.17, 15) is 4.79 Å². The lowest BCUT2D eigenvalue weighted by atomic mass is 9.96. The van der Waals surface area contributed by atoms with Gasteiger partial charge in [-0.15, -0.1) is 0 Å². The molecule has 4 heteroatoms. The summed E-state index contributed by atoms with van der Waals surface area (Å²) in [5, 5.41) is 0. The van der Waals surface area contributed by atoms with Crippen molar-refractivity contribution in [1.29, 1.82) is 0 Å². The maximum Gasteiger partial charge on any atom is 0.228 e. The number of hydrogen-bond donors (Lipinski definition) is 1. The van der Waals surface area contributed by atoms with Crippen molar-refractivity contribution in [1.82, 2.24) is 4.90 Å². The Morgan fingerprint density at radius 3 is 3.05 bits per heavy atom. The summed E-state index contributed by atoms with van der Waals surface area (Å²) < 4.78 is 5.50. The molecule has 2 unspecified atom stereocenters. The highest BCUT2D eigenvalue weighted by Gasteiger charge is 2.33. The standard InChI is InChI=1S/C15H20N2O2/c1-10-7-12(9-19-10)15(18)17-6-5-13-11(8-17)3-2-4-14(13)16/h2-4,10,12H,5-9,16H2,1H3. The van der Waals surface area contributed by atoms with Gasteiger partial charge in [0.2, 0.25) is 5.91 Å². The third-order valence-corrected chi connectivity index (χ3v) is 4.16. The van der Waals surface area contributed by atoms with Crippen LogP contribution in [0, 0.1) is 5.92 Å². The first-order valence-corrected chi connectivity index (χ1v) is 6.92. The van der Waals surface area contributed by atoms with Crippen LogP contribution in [0.25, 0.3) is 0 Å². The number of carbonyl (C=O) groups is 1. The van der Waals surface area contributed by atoms with Gasteiger partial charge in [0.15, 0.2) is 0 Å². The van der Waals surface area contributed by atoms with Gasteiger partial charge in [0.05, 0.1) is 18.6 Å². The Balaban J connectivity index is 1.73. The van der Waals surface area contributed by atoms with E-state index in [1.807, 2.05) is 24.0 Å². The number of fused-ring (bicyclic) bond motifs is 1. The van der Waals surface area contributed by atoms with E-state index in [0.29, 0.717) is 13.2 Å². The summed E-state index contributed by atoms with van der Waals surface area (Å²) >= 11 is 0. The van der Waals surface area contributed by atoms with E-state index < -0.39 is 0 Å². The van der Waals surface area contributed by atoms with Crippen molar-refractivity contribution in [3.63, 3.8) is 0 Å². The first-order chi connectivity index (χ1) is 9.15. The molecule has 1 aromatic rings. The topological polar surface area (TPSA) is 55.6 Å². The van der Waals surface area contributed by atoms with E-state index in [1.54, 1.807) is 0 Å². The molecule has 4 nitrogen and oxygen atoms in total. The van der Waals surface area contributed by atoms with E-state index in [-0.39, 0.29) is 17.9 Å². The second-order valence-corrected chi connectivity index (χ2v) is 5.57. The van der Waals surface area contributed by atoms with Crippen LogP contribution in [0.4, 0.5) is 5.69 Å². The van der Waals surface area contributed by atoms with E-state index in [2.05, 4.69) is 6.07 Å². The number of anilines is 1. The molecule has 0 aliphatic carbocycles. The Hall–Kier alpha value is -1.55. The van der Waals surface area contributed by atoms with Gasteiger partial charge in [-0.05, 0) is 37.0 Å². The summed E-state index contributed by atoms with van der Waals surface area (Å²) in [6.07, 6.45) is 1.91. The molecule has 1 fully saturated rings. The molecule has 0 spiro atoms. The molecule has 1 amide bonds. The van der Waals surface area contributed by atoms with Crippen LogP contribution in [0.1, 0.15) is 24.5 Å². The van der Waals surface area contributed by atoms with E-state index >= 15 is 0 Å². The molecule has 0 aromatic heterocycles. The molecule has 0 saturated carbocycles. The fourth-order valence-electron chi connectivity index (χ4n) is 3.07. The minimum absolute atomic E-state index is 0.0395. The highest BCUT2D eigenvalue weighted by Crippen LogP contribution is 2.27. The van der Waals surface area contributed by atoms with Gasteiger partial charge in [0.25, 0.3) is 0 Å². The minimum Gasteiger partial charge on any atom is -0.398 e. The van der Waals surface area contributed by atoms with Crippen LogP contribution < -0.4 is 5.73 Å². The zero-order chi connectivity index (χ0) is 13.4. The summed E-state index contributed by atoms with van der Waals surface area (Å²) in [6, 6.07) is 5.96. The fourth-order valence-corrected chi connectivity index (χ4v) is 3.07. The second kappa shape index (κ2) is 4.85. The Morgan fingerprint density at radius 1 is 1.47 bits per heavy atom. The maximum atomic E-state index is 12.5. The highest BCUT2D eigenvalue weighted by atomic mass is 16.5. The molecule has 2 atom stereocenters. The zero-order valence-electron chi connectivity index (χ0n) is 11.3. The molecule has 1 aromatic carbocycles. The van der Waals surface area contributed by atoms with Crippen molar-refractivity contribution < 1.29 is 9.53 Å². The number of ether oxygens (including phenoxy) is 1. The number of carbonyl (C=O) groups excluding carboxylic acids is 1. The predicted molar refractivity (Wildman–Crippen MR) is 73.5 cm³/mol. The Bertz CT molecular complexity index is 501. The molecule has 2 heterocycles. The van der Waals surface area contributed by atoms with Gasteiger partial charge >= 0.3 is 0 Å². The molecule has 2 aliphatic rings. The van der Waals surface area contributed by atoms with E-state index in [4.69, 9.17) is 10.5 Å². The second-order valence-electron chi connectivity index (χ2n) is 5.57. The largest absolute Gasteiger partial charge is 0.398 e. The van der Waals surface area contributed by atoms with Gasteiger partial charge in [-0.2, -0.15) is 0 Å². The Kier molecular flexibility index (Phi) is 3.19. The van der Waals surface area contributed by atoms with Crippen LogP contribution >= 0.6 is 0 Å². The van der Waals surface area contributed by atoms with Gasteiger partial charge in [0, 0.05) is 18.8 Å². The van der Waals surface area contributed by atoms with Crippen molar-refractivity contribution in [2.24, 2.45) is 5.92 Å². The monoisotopic (exact) mass is 260 g/mol. The number of nitrogens with zero attached hydrogens (tertiary/aromatic N) is 1. The first-order valence-electron chi connectivity index (χ1n) is 6.92. The highest BCUT2D eigenvalue weighted by molar-refractivity contribution is 5.79. The van der Waals surface area contributed by atoms with Crippen molar-refractivity contribution in [2.45, 2.75) is 32.4 Å². The lowest BCUT2D eigenvalue weighted by molar-refractivity contribution is -0.136. The van der Waals surface area contributed by atoms with Crippen LogP contribution in [0.3, 0.4) is 0 Å². The summed E-state index contributed by atoms with van der Waals surface area (Å²) in [4.78, 5) is 14.4. The third-order valence-electron chi connectivity index (χ3n) is 4.16. The SMILES string of the molecule is CC1CC(C(=O)N2CCc3c(N)cccc3C2)CO1. The number of nitrogens with two attached hydrogens (primary N) is 1. The number of amides is 1. The molecular formula is C15H20N2O2. The Morgan fingerprint density at radius 2 is 2.32 bits per heavy atom. The maximum absolute atomic E-state index is 12.5. The van der Waals surface area contributed by atoms with Crippen molar-refractivity contribution in [3.05, 3.63) is 29.3 Å². The number of rotatable bonds is 1. The van der Waals surface area contributed by atoms with Crippen molar-refractivity contribution in [2.75, 3.05) is 18.9 Å². The van der Waals surface area contributed by atoms with Crippen LogP contribution in [-0.4, -0.2) is 30.1 Å². The summed E-state index contributed by atoms with van der Waals surface area (Å²) in [7, 11) is 0. The molecule has 19 heavy (non-hydrogen) atoms. The number of hydrogen-bond acceptors (Lipinski definition) is 3. The molecular weight excluding hydrogens is 240 g/mol. The Labute approximate surface area is 113 Å². The summed E-state index contributed by atoms with van der Waals surface area (Å²) in [5.74, 6) is 0.273. The number of benzene rings is 1. The normalized spacial score (nSPS) is 26.3. The lowest BCUT2D eigenvalue weighted by Gasteiger charge is -2.31. The summed E-state index contributed by atoms with van der Waals surface area (Å²) in [5.41, 5.74) is 9.23. The quantitative estimate of drug-likeness (QED) is 0.780. The molecule has 2 aliphatic heterocycles. The van der Waals surface area contributed by atoms with Gasteiger partial charge < -0.3 is 15.4 Å². The van der Waals surface area contributed by atoms with Crippen molar-refractivity contribution in [3.8, 4) is 0 Å². The zero-order valence-corrected chi connectivity index (χ0v) is 11.3. The fraction of sp³-hybridized carbons (Fsp3) is 0.533. The average Bonchev–Trinajstić information content (AvgIpc) is 2.84. The molecule has 102 valence electrons. The minimum atomic E-state index is 0.0395. The van der Waals surface area contributed by atoms with Crippen LogP contribution in [-0.2, 0) is 22.5 Å². The molecule has 2 N–H and O–H groups in total. The smallest absolute Gasteiger partial charge is 0.228 e. The van der Waals surface area contributed by atoms with Crippen molar-refractivity contribution >= 4 is 11.6 Å². The van der Waals surface area contributed by atoms with Crippen LogP contribution in [0.15, 0.2) is 18.2 Å². The van der Waals surface area contributed by atoms with E-state index in [1.165, 1.54) is 11.1 Å². The molecule has 1 saturated heterocycles. The van der Waals surface area contributed by atoms with Crippen LogP contribution in [0.5, 0.6) is 0 Å². The first kappa shape index (κ1) is 12.5. The average molecular weight is 260 g/mol. The van der Waals surface area contributed by atoms with Gasteiger partial charge in [-0.3, -0.25) is 4.79 Å². The molecule has 3 rings (SSSR count). The van der Waals surface area contributed by atoms with E-state index in [0.717, 1.165) is 25.1 Å². The summed E-state index contributed by atoms with van der Waals surface area (Å²) in [6.45, 7) is 4.05.